The van der Waals surface area contributed by atoms with Crippen LogP contribution < -0.4 is 15.6 Å². The maximum absolute atomic E-state index is 12.0. The van der Waals surface area contributed by atoms with Gasteiger partial charge in [0.25, 0.3) is 0 Å². The number of halogens is 3. The third-order valence-electron chi connectivity index (χ3n) is 2.38. The Balaban J connectivity index is 2.15. The van der Waals surface area contributed by atoms with Gasteiger partial charge in [0.1, 0.15) is 5.75 Å². The molecule has 19 heavy (non-hydrogen) atoms. The van der Waals surface area contributed by atoms with Crippen LogP contribution in [0.3, 0.4) is 0 Å². The summed E-state index contributed by atoms with van der Waals surface area (Å²) >= 11 is 0. The molecule has 0 atom stereocenters. The van der Waals surface area contributed by atoms with Gasteiger partial charge in [-0.2, -0.15) is 0 Å². The molecule has 0 saturated heterocycles. The molecule has 0 aliphatic carbocycles. The fourth-order valence-corrected chi connectivity index (χ4v) is 1.55. The van der Waals surface area contributed by atoms with Gasteiger partial charge in [-0.05, 0) is 36.4 Å². The summed E-state index contributed by atoms with van der Waals surface area (Å²) in [6, 6.07) is 14.4. The highest BCUT2D eigenvalue weighted by atomic mass is 19.4. The van der Waals surface area contributed by atoms with E-state index in [1.807, 2.05) is 18.2 Å². The van der Waals surface area contributed by atoms with Crippen molar-refractivity contribution in [2.75, 3.05) is 5.01 Å². The first-order valence-corrected chi connectivity index (χ1v) is 5.41. The van der Waals surface area contributed by atoms with Crippen molar-refractivity contribution in [2.24, 2.45) is 5.84 Å². The van der Waals surface area contributed by atoms with Crippen LogP contribution >= 0.6 is 0 Å². The normalized spacial score (nSPS) is 11.2. The third-order valence-corrected chi connectivity index (χ3v) is 2.38. The quantitative estimate of drug-likeness (QED) is 0.682. The highest BCUT2D eigenvalue weighted by Crippen LogP contribution is 2.27. The Morgan fingerprint density at radius 1 is 0.842 bits per heavy atom. The number of nitrogens with two attached hydrogens (primary N) is 1. The van der Waals surface area contributed by atoms with Crippen molar-refractivity contribution in [2.45, 2.75) is 6.36 Å². The molecule has 2 aromatic rings. The van der Waals surface area contributed by atoms with E-state index in [0.717, 1.165) is 5.69 Å². The van der Waals surface area contributed by atoms with Crippen molar-refractivity contribution >= 4 is 11.4 Å². The molecule has 100 valence electrons. The lowest BCUT2D eigenvalue weighted by molar-refractivity contribution is -0.274. The van der Waals surface area contributed by atoms with Gasteiger partial charge in [-0.15, -0.1) is 13.2 Å². The molecule has 0 aliphatic rings. The second-order valence-electron chi connectivity index (χ2n) is 3.75. The molecule has 2 rings (SSSR count). The van der Waals surface area contributed by atoms with Crippen LogP contribution in [-0.4, -0.2) is 6.36 Å². The van der Waals surface area contributed by atoms with E-state index in [1.54, 1.807) is 12.1 Å². The molecule has 0 bridgehead atoms. The fraction of sp³-hybridized carbons (Fsp3) is 0.0769. The van der Waals surface area contributed by atoms with E-state index in [-0.39, 0.29) is 5.75 Å². The number of alkyl halides is 3. The molecule has 2 N–H and O–H groups in total. The van der Waals surface area contributed by atoms with Crippen molar-refractivity contribution < 1.29 is 17.9 Å². The summed E-state index contributed by atoms with van der Waals surface area (Å²) < 4.78 is 39.8. The second-order valence-corrected chi connectivity index (χ2v) is 3.75. The molecular weight excluding hydrogens is 257 g/mol. The van der Waals surface area contributed by atoms with E-state index in [0.29, 0.717) is 5.69 Å². The number of ether oxygens (including phenoxy) is 1. The zero-order valence-electron chi connectivity index (χ0n) is 9.76. The summed E-state index contributed by atoms with van der Waals surface area (Å²) in [5.74, 6) is 5.58. The van der Waals surface area contributed by atoms with Gasteiger partial charge in [0, 0.05) is 0 Å². The molecule has 0 amide bonds. The molecule has 0 spiro atoms. The number of anilines is 2. The highest BCUT2D eigenvalue weighted by molar-refractivity contribution is 5.61. The largest absolute Gasteiger partial charge is 0.573 e. The van der Waals surface area contributed by atoms with Crippen molar-refractivity contribution in [1.82, 2.24) is 0 Å². The summed E-state index contributed by atoms with van der Waals surface area (Å²) in [5, 5.41) is 1.37. The van der Waals surface area contributed by atoms with E-state index in [9.17, 15) is 13.2 Å². The lowest BCUT2D eigenvalue weighted by atomic mass is 10.2. The summed E-state index contributed by atoms with van der Waals surface area (Å²) in [6.45, 7) is 0. The van der Waals surface area contributed by atoms with Gasteiger partial charge >= 0.3 is 6.36 Å². The predicted octanol–water partition coefficient (Wildman–Crippen LogP) is 3.60. The van der Waals surface area contributed by atoms with Crippen LogP contribution in [0.15, 0.2) is 54.6 Å². The van der Waals surface area contributed by atoms with Gasteiger partial charge < -0.3 is 4.74 Å². The minimum Gasteiger partial charge on any atom is -0.406 e. The number of benzene rings is 2. The van der Waals surface area contributed by atoms with Gasteiger partial charge in [-0.1, -0.05) is 18.2 Å². The number of hydrogen-bond acceptors (Lipinski definition) is 3. The first kappa shape index (κ1) is 13.2. The van der Waals surface area contributed by atoms with Crippen LogP contribution in [-0.2, 0) is 0 Å². The first-order valence-electron chi connectivity index (χ1n) is 5.41. The summed E-state index contributed by atoms with van der Waals surface area (Å²) in [5.41, 5.74) is 1.28. The van der Waals surface area contributed by atoms with Crippen molar-refractivity contribution in [1.29, 1.82) is 0 Å². The van der Waals surface area contributed by atoms with Crippen molar-refractivity contribution in [3.63, 3.8) is 0 Å². The van der Waals surface area contributed by atoms with Crippen molar-refractivity contribution in [3.8, 4) is 5.75 Å². The molecule has 3 nitrogen and oxygen atoms in total. The zero-order valence-corrected chi connectivity index (χ0v) is 9.76. The molecular formula is C13H11F3N2O. The Bertz CT molecular complexity index is 526. The maximum Gasteiger partial charge on any atom is 0.573 e. The number of rotatable bonds is 3. The maximum atomic E-state index is 12.0. The Morgan fingerprint density at radius 3 is 1.89 bits per heavy atom. The van der Waals surface area contributed by atoms with E-state index >= 15 is 0 Å². The standard InChI is InChI=1S/C13H11F3N2O/c14-13(15,16)19-12-8-6-11(7-9-12)18(17)10-4-2-1-3-5-10/h1-9H,17H2. The van der Waals surface area contributed by atoms with Gasteiger partial charge in [0.15, 0.2) is 0 Å². The molecule has 0 aromatic heterocycles. The van der Waals surface area contributed by atoms with Gasteiger partial charge in [0.05, 0.1) is 11.4 Å². The van der Waals surface area contributed by atoms with E-state index < -0.39 is 6.36 Å². The zero-order chi connectivity index (χ0) is 13.9. The molecule has 0 heterocycles. The Kier molecular flexibility index (Phi) is 3.62. The average molecular weight is 268 g/mol. The number of nitrogens with zero attached hydrogens (tertiary/aromatic N) is 1. The Labute approximate surface area is 108 Å². The second kappa shape index (κ2) is 5.19. The Morgan fingerprint density at radius 2 is 1.37 bits per heavy atom. The molecule has 6 heteroatoms. The lowest BCUT2D eigenvalue weighted by Gasteiger charge is -2.19. The third kappa shape index (κ3) is 3.62. The van der Waals surface area contributed by atoms with Crippen LogP contribution in [0, 0.1) is 0 Å². The minimum absolute atomic E-state index is 0.280. The molecule has 0 aliphatic heterocycles. The summed E-state index contributed by atoms with van der Waals surface area (Å²) in [7, 11) is 0. The van der Waals surface area contributed by atoms with E-state index in [4.69, 9.17) is 5.84 Å². The van der Waals surface area contributed by atoms with Crippen LogP contribution in [0.25, 0.3) is 0 Å². The molecule has 0 fully saturated rings. The monoisotopic (exact) mass is 268 g/mol. The van der Waals surface area contributed by atoms with Crippen LogP contribution in [0.5, 0.6) is 5.75 Å². The molecule has 2 aromatic carbocycles. The lowest BCUT2D eigenvalue weighted by Crippen LogP contribution is -2.24. The smallest absolute Gasteiger partial charge is 0.406 e. The number of hydrogen-bond donors (Lipinski definition) is 1. The summed E-state index contributed by atoms with van der Waals surface area (Å²) in [4.78, 5) is 0. The van der Waals surface area contributed by atoms with Gasteiger partial charge in [0.2, 0.25) is 0 Å². The predicted molar refractivity (Wildman–Crippen MR) is 65.9 cm³/mol. The number of hydrazine groups is 1. The topological polar surface area (TPSA) is 38.5 Å². The van der Waals surface area contributed by atoms with Gasteiger partial charge in [-0.3, -0.25) is 5.01 Å². The summed E-state index contributed by atoms with van der Waals surface area (Å²) in [6.07, 6.45) is -4.69. The SMILES string of the molecule is NN(c1ccccc1)c1ccc(OC(F)(F)F)cc1. The highest BCUT2D eigenvalue weighted by Gasteiger charge is 2.30. The van der Waals surface area contributed by atoms with E-state index in [2.05, 4.69) is 4.74 Å². The van der Waals surface area contributed by atoms with Crippen LogP contribution in [0.1, 0.15) is 0 Å². The Hall–Kier alpha value is -2.21. The van der Waals surface area contributed by atoms with Crippen molar-refractivity contribution in [3.05, 3.63) is 54.6 Å². The molecule has 0 radical (unpaired) electrons. The number of para-hydroxylation sites is 1. The minimum atomic E-state index is -4.69. The average Bonchev–Trinajstić information content (AvgIpc) is 2.38. The molecule has 0 saturated carbocycles. The first-order chi connectivity index (χ1) is 8.96. The molecule has 0 unspecified atom stereocenters. The van der Waals surface area contributed by atoms with Crippen LogP contribution in [0.2, 0.25) is 0 Å². The fourth-order valence-electron chi connectivity index (χ4n) is 1.55. The van der Waals surface area contributed by atoms with Crippen LogP contribution in [0.4, 0.5) is 24.5 Å². The van der Waals surface area contributed by atoms with Gasteiger partial charge in [-0.25, -0.2) is 5.84 Å². The van der Waals surface area contributed by atoms with E-state index in [1.165, 1.54) is 29.3 Å².